The summed E-state index contributed by atoms with van der Waals surface area (Å²) in [5, 5.41) is 27.9. The highest BCUT2D eigenvalue weighted by atomic mass is 16.5. The Labute approximate surface area is 111 Å². The number of hydrogen-bond acceptors (Lipinski definition) is 6. The lowest BCUT2D eigenvalue weighted by Gasteiger charge is -2.12. The standard InChI is InChI=1S/C13H19NO5/c1-2-3-4-19-13(18)9(14)5-8-6-10(15)12(17)11(16)7-8/h6-7,9,15-17H,2-5,14H2,1H3/t9-/m0/s1. The van der Waals surface area contributed by atoms with Gasteiger partial charge in [-0.1, -0.05) is 13.3 Å². The summed E-state index contributed by atoms with van der Waals surface area (Å²) in [7, 11) is 0. The maximum absolute atomic E-state index is 11.5. The molecule has 0 radical (unpaired) electrons. The number of esters is 1. The second kappa shape index (κ2) is 6.84. The molecule has 0 heterocycles. The van der Waals surface area contributed by atoms with E-state index in [1.54, 1.807) is 0 Å². The summed E-state index contributed by atoms with van der Waals surface area (Å²) >= 11 is 0. The Bertz CT molecular complexity index is 424. The van der Waals surface area contributed by atoms with Gasteiger partial charge in [-0.3, -0.25) is 4.79 Å². The second-order valence-corrected chi connectivity index (χ2v) is 4.31. The lowest BCUT2D eigenvalue weighted by Crippen LogP contribution is -2.34. The summed E-state index contributed by atoms with van der Waals surface area (Å²) < 4.78 is 4.96. The first kappa shape index (κ1) is 15.1. The number of hydrogen-bond donors (Lipinski definition) is 4. The zero-order valence-electron chi connectivity index (χ0n) is 10.8. The number of ether oxygens (including phenoxy) is 1. The molecule has 106 valence electrons. The van der Waals surface area contributed by atoms with Gasteiger partial charge in [-0.15, -0.1) is 0 Å². The highest BCUT2D eigenvalue weighted by Gasteiger charge is 2.17. The molecule has 0 aliphatic carbocycles. The van der Waals surface area contributed by atoms with Crippen molar-refractivity contribution in [2.45, 2.75) is 32.2 Å². The van der Waals surface area contributed by atoms with Gasteiger partial charge in [-0.25, -0.2) is 0 Å². The maximum atomic E-state index is 11.5. The maximum Gasteiger partial charge on any atom is 0.323 e. The fourth-order valence-corrected chi connectivity index (χ4v) is 1.54. The van der Waals surface area contributed by atoms with Crippen molar-refractivity contribution >= 4 is 5.97 Å². The molecule has 6 heteroatoms. The Balaban J connectivity index is 2.61. The predicted octanol–water partition coefficient (Wildman–Crippen LogP) is 1.02. The van der Waals surface area contributed by atoms with E-state index in [0.717, 1.165) is 12.8 Å². The molecule has 0 spiro atoms. The number of nitrogens with two attached hydrogens (primary N) is 1. The predicted molar refractivity (Wildman–Crippen MR) is 69.0 cm³/mol. The fourth-order valence-electron chi connectivity index (χ4n) is 1.54. The van der Waals surface area contributed by atoms with Crippen molar-refractivity contribution in [1.29, 1.82) is 0 Å². The van der Waals surface area contributed by atoms with Crippen LogP contribution in [0.25, 0.3) is 0 Å². The Morgan fingerprint density at radius 1 is 1.32 bits per heavy atom. The summed E-state index contributed by atoms with van der Waals surface area (Å²) in [6, 6.07) is 1.61. The van der Waals surface area contributed by atoms with Crippen LogP contribution >= 0.6 is 0 Å². The molecule has 0 saturated heterocycles. The number of unbranched alkanes of at least 4 members (excludes halogenated alkanes) is 1. The number of carbonyl (C=O) groups is 1. The molecule has 0 bridgehead atoms. The van der Waals surface area contributed by atoms with Crippen molar-refractivity contribution in [3.63, 3.8) is 0 Å². The topological polar surface area (TPSA) is 113 Å². The zero-order chi connectivity index (χ0) is 14.4. The normalized spacial score (nSPS) is 12.1. The molecule has 1 atom stereocenters. The summed E-state index contributed by atoms with van der Waals surface area (Å²) in [6.45, 7) is 2.31. The molecule has 5 N–H and O–H groups in total. The van der Waals surface area contributed by atoms with Crippen LogP contribution in [0.4, 0.5) is 0 Å². The molecule has 0 unspecified atom stereocenters. The quantitative estimate of drug-likeness (QED) is 0.348. The number of phenols is 3. The van der Waals surface area contributed by atoms with Crippen LogP contribution in [0.3, 0.4) is 0 Å². The van der Waals surface area contributed by atoms with Crippen LogP contribution in [0, 0.1) is 0 Å². The van der Waals surface area contributed by atoms with E-state index in [4.69, 9.17) is 10.5 Å². The molecule has 1 aromatic carbocycles. The van der Waals surface area contributed by atoms with E-state index in [1.165, 1.54) is 12.1 Å². The lowest BCUT2D eigenvalue weighted by atomic mass is 10.1. The SMILES string of the molecule is CCCCOC(=O)[C@@H](N)Cc1cc(O)c(O)c(O)c1. The third-order valence-electron chi connectivity index (χ3n) is 2.63. The molecule has 1 rings (SSSR count). The summed E-state index contributed by atoms with van der Waals surface area (Å²) in [5.41, 5.74) is 6.11. The Hall–Kier alpha value is -1.95. The van der Waals surface area contributed by atoms with E-state index in [2.05, 4.69) is 0 Å². The van der Waals surface area contributed by atoms with Gasteiger partial charge in [0.05, 0.1) is 6.61 Å². The first-order chi connectivity index (χ1) is 8.95. The van der Waals surface area contributed by atoms with Crippen molar-refractivity contribution in [3.05, 3.63) is 17.7 Å². The summed E-state index contributed by atoms with van der Waals surface area (Å²) in [5.74, 6) is -2.04. The molecule has 0 aliphatic rings. The first-order valence-corrected chi connectivity index (χ1v) is 6.11. The number of carbonyl (C=O) groups excluding carboxylic acids is 1. The fraction of sp³-hybridized carbons (Fsp3) is 0.462. The van der Waals surface area contributed by atoms with Gasteiger partial charge in [0.2, 0.25) is 0 Å². The van der Waals surface area contributed by atoms with Crippen LogP contribution in [0.5, 0.6) is 17.2 Å². The number of aromatic hydroxyl groups is 3. The lowest BCUT2D eigenvalue weighted by molar-refractivity contribution is -0.145. The van der Waals surface area contributed by atoms with E-state index in [9.17, 15) is 20.1 Å². The first-order valence-electron chi connectivity index (χ1n) is 6.11. The molecule has 0 fully saturated rings. The third kappa shape index (κ3) is 4.33. The minimum Gasteiger partial charge on any atom is -0.504 e. The van der Waals surface area contributed by atoms with Gasteiger partial charge >= 0.3 is 5.97 Å². The monoisotopic (exact) mass is 269 g/mol. The number of phenolic OH excluding ortho intramolecular Hbond substituents is 3. The van der Waals surface area contributed by atoms with Crippen LogP contribution in [0.15, 0.2) is 12.1 Å². The van der Waals surface area contributed by atoms with Crippen LogP contribution in [-0.2, 0) is 16.0 Å². The molecule has 0 saturated carbocycles. The zero-order valence-corrected chi connectivity index (χ0v) is 10.8. The van der Waals surface area contributed by atoms with E-state index in [-0.39, 0.29) is 6.42 Å². The van der Waals surface area contributed by atoms with E-state index >= 15 is 0 Å². The number of rotatable bonds is 6. The van der Waals surface area contributed by atoms with Crippen LogP contribution in [0.2, 0.25) is 0 Å². The Kier molecular flexibility index (Phi) is 5.44. The Morgan fingerprint density at radius 3 is 2.42 bits per heavy atom. The highest BCUT2D eigenvalue weighted by Crippen LogP contribution is 2.35. The van der Waals surface area contributed by atoms with Crippen molar-refractivity contribution in [1.82, 2.24) is 0 Å². The van der Waals surface area contributed by atoms with Gasteiger partial charge in [0, 0.05) is 0 Å². The summed E-state index contributed by atoms with van der Waals surface area (Å²) in [6.07, 6.45) is 1.80. The molecule has 0 amide bonds. The molecule has 1 aromatic rings. The van der Waals surface area contributed by atoms with Gasteiger partial charge in [-0.2, -0.15) is 0 Å². The third-order valence-corrected chi connectivity index (χ3v) is 2.63. The van der Waals surface area contributed by atoms with Gasteiger partial charge in [0.15, 0.2) is 17.2 Å². The van der Waals surface area contributed by atoms with Gasteiger partial charge < -0.3 is 25.8 Å². The number of benzene rings is 1. The average molecular weight is 269 g/mol. The van der Waals surface area contributed by atoms with Crippen molar-refractivity contribution in [2.24, 2.45) is 5.73 Å². The van der Waals surface area contributed by atoms with Crippen molar-refractivity contribution in [2.75, 3.05) is 6.61 Å². The molecule has 0 aliphatic heterocycles. The molecular weight excluding hydrogens is 250 g/mol. The van der Waals surface area contributed by atoms with Crippen LogP contribution < -0.4 is 5.73 Å². The second-order valence-electron chi connectivity index (χ2n) is 4.31. The van der Waals surface area contributed by atoms with E-state index < -0.39 is 29.3 Å². The minimum atomic E-state index is -0.875. The molecule has 19 heavy (non-hydrogen) atoms. The van der Waals surface area contributed by atoms with Crippen molar-refractivity contribution in [3.8, 4) is 17.2 Å². The van der Waals surface area contributed by atoms with Crippen molar-refractivity contribution < 1.29 is 24.9 Å². The van der Waals surface area contributed by atoms with E-state index in [0.29, 0.717) is 12.2 Å². The van der Waals surface area contributed by atoms with Crippen LogP contribution in [-0.4, -0.2) is 33.9 Å². The largest absolute Gasteiger partial charge is 0.504 e. The average Bonchev–Trinajstić information content (AvgIpc) is 2.36. The minimum absolute atomic E-state index is 0.104. The van der Waals surface area contributed by atoms with Gasteiger partial charge in [0.25, 0.3) is 0 Å². The smallest absolute Gasteiger partial charge is 0.323 e. The highest BCUT2D eigenvalue weighted by molar-refractivity contribution is 5.76. The molecular formula is C13H19NO5. The van der Waals surface area contributed by atoms with E-state index in [1.807, 2.05) is 6.92 Å². The summed E-state index contributed by atoms with van der Waals surface area (Å²) in [4.78, 5) is 11.5. The molecule has 0 aromatic heterocycles. The Morgan fingerprint density at radius 2 is 1.89 bits per heavy atom. The van der Waals surface area contributed by atoms with Crippen LogP contribution in [0.1, 0.15) is 25.3 Å². The molecule has 6 nitrogen and oxygen atoms in total. The van der Waals surface area contributed by atoms with Gasteiger partial charge in [-0.05, 0) is 30.5 Å². The van der Waals surface area contributed by atoms with Gasteiger partial charge in [0.1, 0.15) is 6.04 Å².